The van der Waals surface area contributed by atoms with Crippen molar-refractivity contribution in [2.45, 2.75) is 23.9 Å². The molecule has 33 heavy (non-hydrogen) atoms. The molecule has 1 heterocycles. The SMILES string of the molecule is CC(Sc1nnc(-c2ccc(F)cc2)n1-c1ccc(F)cc1)C(=O)N(C)Cc1ccccc1. The molecule has 0 aliphatic carbocycles. The highest BCUT2D eigenvalue weighted by Gasteiger charge is 2.24. The summed E-state index contributed by atoms with van der Waals surface area (Å²) in [5.74, 6) is -0.306. The molecule has 5 nitrogen and oxygen atoms in total. The second-order valence-corrected chi connectivity index (χ2v) is 8.87. The van der Waals surface area contributed by atoms with Crippen molar-refractivity contribution >= 4 is 17.7 Å². The zero-order valence-corrected chi connectivity index (χ0v) is 19.0. The van der Waals surface area contributed by atoms with E-state index in [1.807, 2.05) is 37.3 Å². The molecule has 1 unspecified atom stereocenters. The summed E-state index contributed by atoms with van der Waals surface area (Å²) in [6.07, 6.45) is 0. The topological polar surface area (TPSA) is 51.0 Å². The Morgan fingerprint density at radius 1 is 0.939 bits per heavy atom. The molecule has 0 aliphatic heterocycles. The summed E-state index contributed by atoms with van der Waals surface area (Å²) in [7, 11) is 1.76. The van der Waals surface area contributed by atoms with Gasteiger partial charge in [0.1, 0.15) is 11.6 Å². The highest BCUT2D eigenvalue weighted by Crippen LogP contribution is 2.31. The van der Waals surface area contributed by atoms with Gasteiger partial charge in [0.05, 0.1) is 5.25 Å². The van der Waals surface area contributed by atoms with Crippen LogP contribution in [0.3, 0.4) is 0 Å². The molecule has 0 bridgehead atoms. The Morgan fingerprint density at radius 3 is 2.18 bits per heavy atom. The van der Waals surface area contributed by atoms with Crippen LogP contribution in [0.5, 0.6) is 0 Å². The van der Waals surface area contributed by atoms with Gasteiger partial charge < -0.3 is 4.90 Å². The monoisotopic (exact) mass is 464 g/mol. The molecule has 3 aromatic carbocycles. The molecule has 0 radical (unpaired) electrons. The van der Waals surface area contributed by atoms with Gasteiger partial charge in [0, 0.05) is 24.8 Å². The van der Waals surface area contributed by atoms with Crippen LogP contribution in [-0.4, -0.2) is 37.9 Å². The van der Waals surface area contributed by atoms with Crippen LogP contribution in [0.4, 0.5) is 8.78 Å². The van der Waals surface area contributed by atoms with Crippen LogP contribution in [0.15, 0.2) is 84.0 Å². The van der Waals surface area contributed by atoms with Crippen LogP contribution in [0.1, 0.15) is 12.5 Å². The van der Waals surface area contributed by atoms with Gasteiger partial charge in [-0.2, -0.15) is 0 Å². The fraction of sp³-hybridized carbons (Fsp3) is 0.160. The number of aromatic nitrogens is 3. The third-order valence-corrected chi connectivity index (χ3v) is 6.12. The molecule has 1 aromatic heterocycles. The first-order chi connectivity index (χ1) is 15.9. The van der Waals surface area contributed by atoms with E-state index in [2.05, 4.69) is 10.2 Å². The summed E-state index contributed by atoms with van der Waals surface area (Å²) in [6, 6.07) is 21.6. The quantitative estimate of drug-likeness (QED) is 0.346. The second kappa shape index (κ2) is 9.95. The summed E-state index contributed by atoms with van der Waals surface area (Å²) in [5.41, 5.74) is 2.33. The zero-order valence-electron chi connectivity index (χ0n) is 18.2. The fourth-order valence-corrected chi connectivity index (χ4v) is 4.39. The minimum absolute atomic E-state index is 0.0548. The van der Waals surface area contributed by atoms with Crippen LogP contribution in [0.2, 0.25) is 0 Å². The molecule has 0 fully saturated rings. The molecule has 1 atom stereocenters. The van der Waals surface area contributed by atoms with E-state index in [9.17, 15) is 13.6 Å². The number of amides is 1. The average molecular weight is 465 g/mol. The Morgan fingerprint density at radius 2 is 1.55 bits per heavy atom. The maximum atomic E-state index is 13.5. The molecule has 0 aliphatic rings. The molecule has 4 aromatic rings. The third-order valence-electron chi connectivity index (χ3n) is 5.09. The average Bonchev–Trinajstić information content (AvgIpc) is 3.23. The lowest BCUT2D eigenvalue weighted by atomic mass is 10.2. The Labute approximate surface area is 195 Å². The van der Waals surface area contributed by atoms with Crippen molar-refractivity contribution in [2.24, 2.45) is 0 Å². The van der Waals surface area contributed by atoms with Gasteiger partial charge in [0.25, 0.3) is 0 Å². The molecule has 0 N–H and O–H groups in total. The first-order valence-corrected chi connectivity index (χ1v) is 11.2. The van der Waals surface area contributed by atoms with Crippen molar-refractivity contribution in [2.75, 3.05) is 7.05 Å². The number of carbonyl (C=O) groups is 1. The van der Waals surface area contributed by atoms with Gasteiger partial charge in [-0.05, 0) is 61.0 Å². The first-order valence-electron chi connectivity index (χ1n) is 10.3. The van der Waals surface area contributed by atoms with Gasteiger partial charge >= 0.3 is 0 Å². The first kappa shape index (κ1) is 22.7. The number of hydrogen-bond donors (Lipinski definition) is 0. The Hall–Kier alpha value is -3.52. The normalized spacial score (nSPS) is 11.9. The smallest absolute Gasteiger partial charge is 0.235 e. The van der Waals surface area contributed by atoms with E-state index in [1.165, 1.54) is 36.0 Å². The molecular weight excluding hydrogens is 442 g/mol. The van der Waals surface area contributed by atoms with Gasteiger partial charge in [-0.25, -0.2) is 8.78 Å². The van der Waals surface area contributed by atoms with Crippen LogP contribution >= 0.6 is 11.8 Å². The maximum absolute atomic E-state index is 13.5. The van der Waals surface area contributed by atoms with E-state index in [-0.39, 0.29) is 17.5 Å². The Bertz CT molecular complexity index is 1230. The summed E-state index contributed by atoms with van der Waals surface area (Å²) in [6.45, 7) is 2.31. The number of halogens is 2. The zero-order chi connectivity index (χ0) is 23.4. The second-order valence-electron chi connectivity index (χ2n) is 7.56. The minimum Gasteiger partial charge on any atom is -0.340 e. The van der Waals surface area contributed by atoms with Crippen molar-refractivity contribution in [3.63, 3.8) is 0 Å². The van der Waals surface area contributed by atoms with Gasteiger partial charge in [-0.1, -0.05) is 42.1 Å². The van der Waals surface area contributed by atoms with E-state index in [0.29, 0.717) is 28.8 Å². The summed E-state index contributed by atoms with van der Waals surface area (Å²) in [4.78, 5) is 14.7. The maximum Gasteiger partial charge on any atom is 0.235 e. The van der Waals surface area contributed by atoms with E-state index in [0.717, 1.165) is 5.56 Å². The van der Waals surface area contributed by atoms with E-state index < -0.39 is 5.25 Å². The molecule has 4 rings (SSSR count). The van der Waals surface area contributed by atoms with Gasteiger partial charge in [0.15, 0.2) is 11.0 Å². The van der Waals surface area contributed by atoms with E-state index in [1.54, 1.807) is 40.8 Å². The number of hydrogen-bond acceptors (Lipinski definition) is 4. The van der Waals surface area contributed by atoms with Crippen molar-refractivity contribution in [1.82, 2.24) is 19.7 Å². The van der Waals surface area contributed by atoms with Gasteiger partial charge in [0.2, 0.25) is 5.91 Å². The lowest BCUT2D eigenvalue weighted by Gasteiger charge is -2.21. The molecule has 0 saturated heterocycles. The number of benzene rings is 3. The van der Waals surface area contributed by atoms with Crippen LogP contribution in [-0.2, 0) is 11.3 Å². The van der Waals surface area contributed by atoms with Crippen molar-refractivity contribution < 1.29 is 13.6 Å². The van der Waals surface area contributed by atoms with E-state index >= 15 is 0 Å². The molecule has 168 valence electrons. The summed E-state index contributed by atoms with van der Waals surface area (Å²) in [5, 5.41) is 8.63. The predicted octanol–water partition coefficient (Wildman–Crippen LogP) is 5.35. The Balaban J connectivity index is 1.62. The fourth-order valence-electron chi connectivity index (χ4n) is 3.41. The Kier molecular flexibility index (Phi) is 6.84. The predicted molar refractivity (Wildman–Crippen MR) is 125 cm³/mol. The van der Waals surface area contributed by atoms with Crippen LogP contribution in [0, 0.1) is 11.6 Å². The highest BCUT2D eigenvalue weighted by molar-refractivity contribution is 8.00. The summed E-state index contributed by atoms with van der Waals surface area (Å²) >= 11 is 1.27. The third kappa shape index (κ3) is 5.28. The molecule has 0 spiro atoms. The lowest BCUT2D eigenvalue weighted by molar-refractivity contribution is -0.129. The van der Waals surface area contributed by atoms with Crippen molar-refractivity contribution in [3.05, 3.63) is 96.1 Å². The minimum atomic E-state index is -0.442. The number of nitrogens with zero attached hydrogens (tertiary/aromatic N) is 4. The van der Waals surface area contributed by atoms with Crippen LogP contribution in [0.25, 0.3) is 17.1 Å². The van der Waals surface area contributed by atoms with Crippen molar-refractivity contribution in [1.29, 1.82) is 0 Å². The molecule has 0 saturated carbocycles. The summed E-state index contributed by atoms with van der Waals surface area (Å²) < 4.78 is 28.7. The van der Waals surface area contributed by atoms with Crippen molar-refractivity contribution in [3.8, 4) is 17.1 Å². The number of carbonyl (C=O) groups excluding carboxylic acids is 1. The number of rotatable bonds is 7. The van der Waals surface area contributed by atoms with E-state index in [4.69, 9.17) is 0 Å². The largest absolute Gasteiger partial charge is 0.340 e. The van der Waals surface area contributed by atoms with Gasteiger partial charge in [-0.15, -0.1) is 10.2 Å². The number of thioether (sulfide) groups is 1. The van der Waals surface area contributed by atoms with Crippen LogP contribution < -0.4 is 0 Å². The molecular formula is C25H22F2N4OS. The molecule has 8 heteroatoms. The molecule has 1 amide bonds. The van der Waals surface area contributed by atoms with Gasteiger partial charge in [-0.3, -0.25) is 9.36 Å². The standard InChI is InChI=1S/C25H22F2N4OS/c1-17(24(32)30(2)16-18-6-4-3-5-7-18)33-25-29-28-23(19-8-10-20(26)11-9-19)31(25)22-14-12-21(27)13-15-22/h3-15,17H,16H2,1-2H3. The highest BCUT2D eigenvalue weighted by atomic mass is 32.2. The lowest BCUT2D eigenvalue weighted by Crippen LogP contribution is -2.32.